The quantitative estimate of drug-likeness (QED) is 0.492. The number of carbonyl (C=O) groups excluding carboxylic acids is 1. The summed E-state index contributed by atoms with van der Waals surface area (Å²) in [4.78, 5) is 19.0. The maximum absolute atomic E-state index is 12.6. The first kappa shape index (κ1) is 26.5. The molecule has 0 aromatic heterocycles. The lowest BCUT2D eigenvalue weighted by Crippen LogP contribution is -2.53. The Hall–Kier alpha value is -2.76. The molecule has 0 unspecified atom stereocenters. The minimum atomic E-state index is -5.75. The molecule has 1 heterocycles. The van der Waals surface area contributed by atoms with Crippen LogP contribution in [0.3, 0.4) is 0 Å². The molecule has 33 heavy (non-hydrogen) atoms. The van der Waals surface area contributed by atoms with Gasteiger partial charge in [-0.3, -0.25) is 9.89 Å². The third-order valence-corrected chi connectivity index (χ3v) is 4.80. The van der Waals surface area contributed by atoms with Gasteiger partial charge < -0.3 is 15.4 Å². The smallest absolute Gasteiger partial charge is 0.426 e. The van der Waals surface area contributed by atoms with E-state index >= 15 is 0 Å². The Morgan fingerprint density at radius 1 is 1.06 bits per heavy atom. The number of nitrogens with two attached hydrogens (primary N) is 1. The fourth-order valence-electron chi connectivity index (χ4n) is 3.06. The lowest BCUT2D eigenvalue weighted by Gasteiger charge is -2.35. The highest BCUT2D eigenvalue weighted by Gasteiger charge is 2.60. The number of piperazine rings is 1. The number of hydrogen-bond acceptors (Lipinski definition) is 5. The lowest BCUT2D eigenvalue weighted by molar-refractivity contribution is -0.308. The van der Waals surface area contributed by atoms with Crippen molar-refractivity contribution >= 4 is 18.0 Å². The van der Waals surface area contributed by atoms with E-state index in [0.29, 0.717) is 17.8 Å². The van der Waals surface area contributed by atoms with Crippen molar-refractivity contribution in [2.75, 3.05) is 32.7 Å². The van der Waals surface area contributed by atoms with Crippen molar-refractivity contribution in [1.82, 2.24) is 9.80 Å². The third kappa shape index (κ3) is 7.95. The Bertz CT molecular complexity index is 831. The minimum absolute atomic E-state index is 0.0189. The van der Waals surface area contributed by atoms with Crippen molar-refractivity contribution in [1.29, 1.82) is 0 Å². The summed E-state index contributed by atoms with van der Waals surface area (Å²) in [6.45, 7) is 4.35. The summed E-state index contributed by atoms with van der Waals surface area (Å²) in [5, 5.41) is 0. The number of benzene rings is 1. The SMILES string of the molecule is CC(C)N=CC(CN1CCN(C(=O)OC(C(F)(F)F)C(F)(F)F)CC1)=C(N)c1ccccc1. The number of aliphatic imine (C=N–C) groups is 1. The molecule has 12 heteroatoms. The normalized spacial score (nSPS) is 17.1. The number of nitrogens with zero attached hydrogens (tertiary/aromatic N) is 3. The van der Waals surface area contributed by atoms with Crippen LogP contribution in [0.15, 0.2) is 40.9 Å². The van der Waals surface area contributed by atoms with Gasteiger partial charge in [-0.05, 0) is 19.4 Å². The van der Waals surface area contributed by atoms with Crippen LogP contribution in [0, 0.1) is 0 Å². The van der Waals surface area contributed by atoms with Gasteiger partial charge in [0.05, 0.1) is 0 Å². The zero-order valence-electron chi connectivity index (χ0n) is 18.2. The summed E-state index contributed by atoms with van der Waals surface area (Å²) in [5.74, 6) is 0. The van der Waals surface area contributed by atoms with Crippen LogP contribution < -0.4 is 5.73 Å². The van der Waals surface area contributed by atoms with Crippen LogP contribution in [-0.2, 0) is 4.74 Å². The summed E-state index contributed by atoms with van der Waals surface area (Å²) in [6.07, 6.45) is -15.7. The number of amides is 1. The zero-order valence-corrected chi connectivity index (χ0v) is 18.2. The number of hydrogen-bond donors (Lipinski definition) is 1. The minimum Gasteiger partial charge on any atom is -0.426 e. The van der Waals surface area contributed by atoms with E-state index in [1.54, 1.807) is 6.21 Å². The van der Waals surface area contributed by atoms with Crippen LogP contribution in [0.2, 0.25) is 0 Å². The van der Waals surface area contributed by atoms with E-state index in [1.165, 1.54) is 0 Å². The molecule has 0 radical (unpaired) electrons. The second-order valence-electron chi connectivity index (χ2n) is 7.79. The molecule has 0 bridgehead atoms. The van der Waals surface area contributed by atoms with Gasteiger partial charge in [0.15, 0.2) is 0 Å². The van der Waals surface area contributed by atoms with Crippen molar-refractivity contribution in [3.8, 4) is 0 Å². The van der Waals surface area contributed by atoms with E-state index in [-0.39, 0.29) is 32.2 Å². The first-order valence-corrected chi connectivity index (χ1v) is 10.2. The van der Waals surface area contributed by atoms with Gasteiger partial charge >= 0.3 is 18.4 Å². The van der Waals surface area contributed by atoms with E-state index in [0.717, 1.165) is 10.5 Å². The third-order valence-electron chi connectivity index (χ3n) is 4.80. The predicted molar refractivity (Wildman–Crippen MR) is 112 cm³/mol. The van der Waals surface area contributed by atoms with Crippen molar-refractivity contribution in [2.45, 2.75) is 38.3 Å². The summed E-state index contributed by atoms with van der Waals surface area (Å²) in [5.41, 5.74) is 8.31. The van der Waals surface area contributed by atoms with Crippen molar-refractivity contribution in [3.05, 3.63) is 41.5 Å². The molecule has 1 aromatic rings. The second kappa shape index (κ2) is 10.9. The fourth-order valence-corrected chi connectivity index (χ4v) is 3.06. The highest BCUT2D eigenvalue weighted by Crippen LogP contribution is 2.36. The summed E-state index contributed by atoms with van der Waals surface area (Å²) in [6, 6.07) is 9.20. The van der Waals surface area contributed by atoms with E-state index in [2.05, 4.69) is 9.73 Å². The highest BCUT2D eigenvalue weighted by molar-refractivity contribution is 5.90. The topological polar surface area (TPSA) is 71.2 Å². The first-order chi connectivity index (χ1) is 15.3. The molecule has 1 amide bonds. The van der Waals surface area contributed by atoms with Gasteiger partial charge in [-0.2, -0.15) is 26.3 Å². The first-order valence-electron chi connectivity index (χ1n) is 10.2. The van der Waals surface area contributed by atoms with Crippen LogP contribution in [0.25, 0.3) is 5.70 Å². The number of alkyl halides is 6. The predicted octanol–water partition coefficient (Wildman–Crippen LogP) is 4.08. The van der Waals surface area contributed by atoms with Crippen molar-refractivity contribution in [2.24, 2.45) is 10.7 Å². The molecule has 1 aliphatic rings. The molecular formula is C21H26F6N4O2. The molecule has 6 nitrogen and oxygen atoms in total. The molecular weight excluding hydrogens is 454 g/mol. The Morgan fingerprint density at radius 2 is 1.61 bits per heavy atom. The van der Waals surface area contributed by atoms with Crippen LogP contribution in [0.5, 0.6) is 0 Å². The lowest BCUT2D eigenvalue weighted by atomic mass is 10.1. The second-order valence-corrected chi connectivity index (χ2v) is 7.79. The molecule has 1 aromatic carbocycles. The Kier molecular flexibility index (Phi) is 8.76. The van der Waals surface area contributed by atoms with Gasteiger partial charge in [-0.25, -0.2) is 4.79 Å². The van der Waals surface area contributed by atoms with E-state index < -0.39 is 24.5 Å². The molecule has 0 atom stereocenters. The summed E-state index contributed by atoms with van der Waals surface area (Å²) in [7, 11) is 0. The molecule has 184 valence electrons. The molecule has 1 fully saturated rings. The Morgan fingerprint density at radius 3 is 2.09 bits per heavy atom. The van der Waals surface area contributed by atoms with Crippen LogP contribution in [0.1, 0.15) is 19.4 Å². The maximum atomic E-state index is 12.6. The Labute approximate surface area is 187 Å². The monoisotopic (exact) mass is 480 g/mol. The molecule has 2 rings (SSSR count). The average molecular weight is 480 g/mol. The van der Waals surface area contributed by atoms with Gasteiger partial charge in [0.1, 0.15) is 0 Å². The van der Waals surface area contributed by atoms with Crippen molar-refractivity contribution in [3.63, 3.8) is 0 Å². The van der Waals surface area contributed by atoms with Crippen LogP contribution in [-0.4, -0.2) is 79.3 Å². The van der Waals surface area contributed by atoms with Gasteiger partial charge in [0.25, 0.3) is 6.10 Å². The van der Waals surface area contributed by atoms with E-state index in [1.807, 2.05) is 49.1 Å². The number of rotatable bonds is 6. The standard InChI is InChI=1S/C21H26F6N4O2/c1-14(2)29-12-16(17(28)15-6-4-3-5-7-15)13-30-8-10-31(11-9-30)19(32)33-18(20(22,23)24)21(25,26)27/h3-7,12,14,18H,8-11,13,28H2,1-2H3. The van der Waals surface area contributed by atoms with E-state index in [4.69, 9.17) is 5.73 Å². The van der Waals surface area contributed by atoms with Gasteiger partial charge in [0, 0.05) is 56.3 Å². The molecule has 0 saturated carbocycles. The average Bonchev–Trinajstić information content (AvgIpc) is 2.73. The fraction of sp³-hybridized carbons (Fsp3) is 0.524. The molecule has 1 aliphatic heterocycles. The van der Waals surface area contributed by atoms with Gasteiger partial charge in [-0.1, -0.05) is 30.3 Å². The van der Waals surface area contributed by atoms with Gasteiger partial charge in [0.2, 0.25) is 0 Å². The summed E-state index contributed by atoms with van der Waals surface area (Å²) < 4.78 is 79.6. The van der Waals surface area contributed by atoms with Crippen LogP contribution >= 0.6 is 0 Å². The Balaban J connectivity index is 2.05. The summed E-state index contributed by atoms with van der Waals surface area (Å²) >= 11 is 0. The van der Waals surface area contributed by atoms with Gasteiger partial charge in [-0.15, -0.1) is 0 Å². The highest BCUT2D eigenvalue weighted by atomic mass is 19.4. The molecule has 0 aliphatic carbocycles. The molecule has 2 N–H and O–H groups in total. The van der Waals surface area contributed by atoms with E-state index in [9.17, 15) is 31.1 Å². The van der Waals surface area contributed by atoms with Crippen LogP contribution in [0.4, 0.5) is 31.1 Å². The molecule has 1 saturated heterocycles. The number of carbonyl (C=O) groups is 1. The van der Waals surface area contributed by atoms with Crippen molar-refractivity contribution < 1.29 is 35.9 Å². The maximum Gasteiger partial charge on any atom is 0.434 e. The number of halogens is 6. The molecule has 0 spiro atoms. The number of ether oxygens (including phenoxy) is 1. The largest absolute Gasteiger partial charge is 0.434 e. The zero-order chi connectivity index (χ0) is 24.8.